The number of aromatic nitrogens is 1. The van der Waals surface area contributed by atoms with E-state index in [0.717, 1.165) is 5.56 Å². The maximum atomic E-state index is 11.2. The molecule has 0 aliphatic heterocycles. The van der Waals surface area contributed by atoms with Gasteiger partial charge in [-0.3, -0.25) is 4.98 Å². The summed E-state index contributed by atoms with van der Waals surface area (Å²) in [6.45, 7) is 2.50. The fourth-order valence-electron chi connectivity index (χ4n) is 1.60. The van der Waals surface area contributed by atoms with E-state index in [0.29, 0.717) is 24.5 Å². The number of benzene rings is 1. The molecule has 2 rings (SSSR count). The van der Waals surface area contributed by atoms with Crippen molar-refractivity contribution < 1.29 is 14.3 Å². The zero-order valence-corrected chi connectivity index (χ0v) is 11.7. The minimum atomic E-state index is -0.548. The van der Waals surface area contributed by atoms with Crippen molar-refractivity contribution in [1.29, 1.82) is 0 Å². The van der Waals surface area contributed by atoms with Crippen LogP contribution in [0.5, 0.6) is 5.75 Å². The largest absolute Gasteiger partial charge is 0.487 e. The molecular weight excluding hydrogens is 266 g/mol. The maximum absolute atomic E-state index is 11.2. The summed E-state index contributed by atoms with van der Waals surface area (Å²) in [6, 6.07) is 11.6. The standard InChI is InChI=1S/C17H15NO3/c1-2-20-17(19)9-8-15-10-16(12-18-11-15)21-13-14-6-4-3-5-7-14/h3-7,10-12H,2,13H2,1H3. The van der Waals surface area contributed by atoms with Gasteiger partial charge in [0.05, 0.1) is 12.8 Å². The molecule has 106 valence electrons. The number of hydrogen-bond acceptors (Lipinski definition) is 4. The number of carbonyl (C=O) groups is 1. The van der Waals surface area contributed by atoms with Gasteiger partial charge in [0.15, 0.2) is 0 Å². The molecule has 0 radical (unpaired) electrons. The van der Waals surface area contributed by atoms with Crippen molar-refractivity contribution in [3.05, 3.63) is 59.9 Å². The van der Waals surface area contributed by atoms with E-state index in [-0.39, 0.29) is 0 Å². The van der Waals surface area contributed by atoms with E-state index in [1.807, 2.05) is 30.3 Å². The zero-order chi connectivity index (χ0) is 14.9. The third-order valence-electron chi connectivity index (χ3n) is 2.55. The Kier molecular flexibility index (Phi) is 5.36. The molecule has 0 saturated heterocycles. The summed E-state index contributed by atoms with van der Waals surface area (Å²) in [5.41, 5.74) is 1.68. The Hall–Kier alpha value is -2.80. The quantitative estimate of drug-likeness (QED) is 0.638. The lowest BCUT2D eigenvalue weighted by atomic mass is 10.2. The number of hydrogen-bond donors (Lipinski definition) is 0. The number of pyridine rings is 1. The molecule has 1 aromatic carbocycles. The van der Waals surface area contributed by atoms with Gasteiger partial charge in [-0.05, 0) is 18.6 Å². The minimum absolute atomic E-state index is 0.311. The second-order valence-electron chi connectivity index (χ2n) is 4.15. The molecule has 1 heterocycles. The van der Waals surface area contributed by atoms with Gasteiger partial charge >= 0.3 is 5.97 Å². The lowest BCUT2D eigenvalue weighted by Gasteiger charge is -2.05. The van der Waals surface area contributed by atoms with E-state index in [1.165, 1.54) is 0 Å². The van der Waals surface area contributed by atoms with Crippen LogP contribution < -0.4 is 4.74 Å². The van der Waals surface area contributed by atoms with E-state index in [4.69, 9.17) is 9.47 Å². The lowest BCUT2D eigenvalue weighted by Crippen LogP contribution is -1.99. The molecule has 0 aliphatic carbocycles. The van der Waals surface area contributed by atoms with Gasteiger partial charge in [0.25, 0.3) is 0 Å². The minimum Gasteiger partial charge on any atom is -0.487 e. The number of ether oxygens (including phenoxy) is 2. The Bertz CT molecular complexity index is 656. The van der Waals surface area contributed by atoms with Crippen molar-refractivity contribution in [3.8, 4) is 17.6 Å². The van der Waals surface area contributed by atoms with Crippen LogP contribution in [0.15, 0.2) is 48.8 Å². The van der Waals surface area contributed by atoms with Gasteiger partial charge in [-0.25, -0.2) is 4.79 Å². The van der Waals surface area contributed by atoms with Gasteiger partial charge in [0.1, 0.15) is 12.4 Å². The predicted molar refractivity (Wildman–Crippen MR) is 78.5 cm³/mol. The average molecular weight is 281 g/mol. The molecule has 0 unspecified atom stereocenters. The maximum Gasteiger partial charge on any atom is 0.384 e. The first-order valence-corrected chi connectivity index (χ1v) is 6.58. The first kappa shape index (κ1) is 14.6. The molecule has 4 nitrogen and oxygen atoms in total. The summed E-state index contributed by atoms with van der Waals surface area (Å²) in [7, 11) is 0. The van der Waals surface area contributed by atoms with Crippen LogP contribution in [0.4, 0.5) is 0 Å². The molecule has 0 N–H and O–H groups in total. The van der Waals surface area contributed by atoms with Crippen molar-refractivity contribution in [3.63, 3.8) is 0 Å². The molecule has 21 heavy (non-hydrogen) atoms. The molecule has 0 atom stereocenters. The molecule has 0 aliphatic rings. The fraction of sp³-hybridized carbons (Fsp3) is 0.176. The van der Waals surface area contributed by atoms with Crippen LogP contribution in [0.1, 0.15) is 18.1 Å². The molecule has 0 fully saturated rings. The smallest absolute Gasteiger partial charge is 0.384 e. The molecule has 0 amide bonds. The molecule has 4 heteroatoms. The van der Waals surface area contributed by atoms with Gasteiger partial charge < -0.3 is 9.47 Å². The monoisotopic (exact) mass is 281 g/mol. The summed E-state index contributed by atoms with van der Waals surface area (Å²) in [5, 5.41) is 0. The fourth-order valence-corrected chi connectivity index (χ4v) is 1.60. The van der Waals surface area contributed by atoms with Gasteiger partial charge in [0, 0.05) is 17.7 Å². The van der Waals surface area contributed by atoms with E-state index in [9.17, 15) is 4.79 Å². The van der Waals surface area contributed by atoms with Gasteiger partial charge in [-0.1, -0.05) is 36.3 Å². The van der Waals surface area contributed by atoms with Gasteiger partial charge in [0.2, 0.25) is 0 Å². The summed E-state index contributed by atoms with van der Waals surface area (Å²) < 4.78 is 10.4. The Labute approximate surface area is 123 Å². The number of rotatable bonds is 4. The van der Waals surface area contributed by atoms with E-state index < -0.39 is 5.97 Å². The molecule has 0 saturated carbocycles. The predicted octanol–water partition coefficient (Wildman–Crippen LogP) is 2.58. The van der Waals surface area contributed by atoms with Crippen LogP contribution in [0.25, 0.3) is 0 Å². The summed E-state index contributed by atoms with van der Waals surface area (Å²) >= 11 is 0. The first-order valence-electron chi connectivity index (χ1n) is 6.58. The van der Waals surface area contributed by atoms with E-state index >= 15 is 0 Å². The summed E-state index contributed by atoms with van der Waals surface area (Å²) in [5.74, 6) is 5.15. The summed E-state index contributed by atoms with van der Waals surface area (Å²) in [6.07, 6.45) is 3.18. The molecule has 0 spiro atoms. The van der Waals surface area contributed by atoms with Crippen LogP contribution in [0.3, 0.4) is 0 Å². The topological polar surface area (TPSA) is 48.4 Å². The van der Waals surface area contributed by atoms with Crippen LogP contribution >= 0.6 is 0 Å². The van der Waals surface area contributed by atoms with Gasteiger partial charge in [-0.15, -0.1) is 0 Å². The normalized spacial score (nSPS) is 9.38. The Morgan fingerprint density at radius 2 is 2.05 bits per heavy atom. The lowest BCUT2D eigenvalue weighted by molar-refractivity contribution is -0.136. The number of nitrogens with zero attached hydrogens (tertiary/aromatic N) is 1. The molecule has 0 bridgehead atoms. The third-order valence-corrected chi connectivity index (χ3v) is 2.55. The highest BCUT2D eigenvalue weighted by Crippen LogP contribution is 2.12. The highest BCUT2D eigenvalue weighted by Gasteiger charge is 1.98. The van der Waals surface area contributed by atoms with Crippen LogP contribution in [0, 0.1) is 11.8 Å². The van der Waals surface area contributed by atoms with E-state index in [2.05, 4.69) is 16.8 Å². The van der Waals surface area contributed by atoms with Crippen molar-refractivity contribution in [2.75, 3.05) is 6.61 Å². The van der Waals surface area contributed by atoms with E-state index in [1.54, 1.807) is 25.4 Å². The van der Waals surface area contributed by atoms with Crippen molar-refractivity contribution >= 4 is 5.97 Å². The van der Waals surface area contributed by atoms with Gasteiger partial charge in [-0.2, -0.15) is 0 Å². The summed E-state index contributed by atoms with van der Waals surface area (Å²) in [4.78, 5) is 15.2. The molecule has 1 aromatic heterocycles. The number of esters is 1. The second-order valence-corrected chi connectivity index (χ2v) is 4.15. The average Bonchev–Trinajstić information content (AvgIpc) is 2.53. The molecular formula is C17H15NO3. The van der Waals surface area contributed by atoms with Crippen molar-refractivity contribution in [2.45, 2.75) is 13.5 Å². The first-order chi connectivity index (χ1) is 10.3. The van der Waals surface area contributed by atoms with Crippen LogP contribution in [-0.2, 0) is 16.1 Å². The third kappa shape index (κ3) is 5.00. The highest BCUT2D eigenvalue weighted by molar-refractivity contribution is 5.89. The number of carbonyl (C=O) groups excluding carboxylic acids is 1. The Balaban J connectivity index is 1.99. The Morgan fingerprint density at radius 3 is 2.81 bits per heavy atom. The molecule has 2 aromatic rings. The zero-order valence-electron chi connectivity index (χ0n) is 11.7. The SMILES string of the molecule is CCOC(=O)C#Cc1cncc(OCc2ccccc2)c1. The van der Waals surface area contributed by atoms with Crippen LogP contribution in [-0.4, -0.2) is 17.6 Å². The Morgan fingerprint density at radius 1 is 1.24 bits per heavy atom. The van der Waals surface area contributed by atoms with Crippen LogP contribution in [0.2, 0.25) is 0 Å². The van der Waals surface area contributed by atoms with Crippen molar-refractivity contribution in [2.24, 2.45) is 0 Å². The van der Waals surface area contributed by atoms with Crippen molar-refractivity contribution in [1.82, 2.24) is 4.98 Å². The second kappa shape index (κ2) is 7.71. The highest BCUT2D eigenvalue weighted by atomic mass is 16.5.